The molecule has 0 bridgehead atoms. The lowest BCUT2D eigenvalue weighted by atomic mass is 10.3. The number of hydrogen-bond donors (Lipinski definition) is 1. The van der Waals surface area contributed by atoms with E-state index in [1.165, 1.54) is 0 Å². The number of halogens is 1. The zero-order chi connectivity index (χ0) is 16.4. The van der Waals surface area contributed by atoms with Crippen molar-refractivity contribution >= 4 is 45.2 Å². The maximum absolute atomic E-state index is 12.3. The maximum atomic E-state index is 12.3. The first-order chi connectivity index (χ1) is 11.1. The number of anilines is 1. The van der Waals surface area contributed by atoms with E-state index in [2.05, 4.69) is 27.9 Å². The molecule has 0 fully saturated rings. The molecular formula is C17H16IN3O2. The number of rotatable bonds is 4. The van der Waals surface area contributed by atoms with Crippen molar-refractivity contribution in [2.45, 2.75) is 13.0 Å². The molecule has 3 aromatic rings. The van der Waals surface area contributed by atoms with E-state index >= 15 is 0 Å². The molecule has 1 aromatic heterocycles. The van der Waals surface area contributed by atoms with Crippen LogP contribution in [0.25, 0.3) is 11.0 Å². The zero-order valence-corrected chi connectivity index (χ0v) is 14.8. The summed E-state index contributed by atoms with van der Waals surface area (Å²) in [5.41, 5.74) is 2.38. The van der Waals surface area contributed by atoms with Gasteiger partial charge in [0.25, 0.3) is 0 Å². The summed E-state index contributed by atoms with van der Waals surface area (Å²) in [4.78, 5) is 24.4. The minimum Gasteiger partial charge on any atom is -0.326 e. The second-order valence-electron chi connectivity index (χ2n) is 5.29. The highest BCUT2D eigenvalue weighted by Gasteiger charge is 2.11. The van der Waals surface area contributed by atoms with Crippen LogP contribution in [0.5, 0.6) is 0 Å². The second kappa shape index (κ2) is 6.57. The van der Waals surface area contributed by atoms with Crippen LogP contribution in [-0.2, 0) is 18.4 Å². The molecule has 0 atom stereocenters. The highest BCUT2D eigenvalue weighted by Crippen LogP contribution is 2.13. The normalized spacial score (nSPS) is 10.9. The van der Waals surface area contributed by atoms with Crippen LogP contribution in [0, 0.1) is 3.57 Å². The number of nitrogens with zero attached hydrogens (tertiary/aromatic N) is 2. The molecular weight excluding hydrogens is 405 g/mol. The molecule has 0 saturated heterocycles. The smallest absolute Gasteiger partial charge is 0.326 e. The van der Waals surface area contributed by atoms with Gasteiger partial charge in [-0.15, -0.1) is 0 Å². The van der Waals surface area contributed by atoms with E-state index in [-0.39, 0.29) is 18.0 Å². The van der Waals surface area contributed by atoms with Crippen LogP contribution in [0.2, 0.25) is 0 Å². The second-order valence-corrected chi connectivity index (χ2v) is 6.53. The molecule has 118 valence electrons. The van der Waals surface area contributed by atoms with Gasteiger partial charge in [-0.25, -0.2) is 4.79 Å². The SMILES string of the molecule is Cn1c(=O)n(CCC(=O)Nc2ccc(I)cc2)c2ccccc21. The number of amides is 1. The molecule has 2 aromatic carbocycles. The Morgan fingerprint density at radius 3 is 2.43 bits per heavy atom. The standard InChI is InChI=1S/C17H16IN3O2/c1-20-14-4-2-3-5-15(14)21(17(20)23)11-10-16(22)19-13-8-6-12(18)7-9-13/h2-9H,10-11H2,1H3,(H,19,22). The zero-order valence-electron chi connectivity index (χ0n) is 12.6. The summed E-state index contributed by atoms with van der Waals surface area (Å²) >= 11 is 2.22. The van der Waals surface area contributed by atoms with Crippen molar-refractivity contribution < 1.29 is 4.79 Å². The van der Waals surface area contributed by atoms with E-state index in [1.807, 2.05) is 48.5 Å². The van der Waals surface area contributed by atoms with Crippen molar-refractivity contribution in [1.29, 1.82) is 0 Å². The van der Waals surface area contributed by atoms with Gasteiger partial charge >= 0.3 is 5.69 Å². The molecule has 23 heavy (non-hydrogen) atoms. The fraction of sp³-hybridized carbons (Fsp3) is 0.176. The van der Waals surface area contributed by atoms with Crippen LogP contribution in [0.4, 0.5) is 5.69 Å². The topological polar surface area (TPSA) is 56.0 Å². The number of hydrogen-bond acceptors (Lipinski definition) is 2. The number of aromatic nitrogens is 2. The molecule has 5 nitrogen and oxygen atoms in total. The Bertz CT molecular complexity index is 910. The fourth-order valence-corrected chi connectivity index (χ4v) is 2.91. The number of para-hydroxylation sites is 2. The van der Waals surface area contributed by atoms with Gasteiger partial charge < -0.3 is 5.32 Å². The Kier molecular flexibility index (Phi) is 4.51. The Balaban J connectivity index is 1.73. The van der Waals surface area contributed by atoms with E-state index in [1.54, 1.807) is 16.2 Å². The molecule has 1 N–H and O–H groups in total. The minimum atomic E-state index is -0.106. The Morgan fingerprint density at radius 2 is 1.74 bits per heavy atom. The Hall–Kier alpha value is -2.09. The summed E-state index contributed by atoms with van der Waals surface area (Å²) in [6.45, 7) is 0.358. The van der Waals surface area contributed by atoms with Crippen LogP contribution in [-0.4, -0.2) is 15.0 Å². The van der Waals surface area contributed by atoms with Crippen molar-refractivity contribution in [3.63, 3.8) is 0 Å². The molecule has 3 rings (SSSR count). The predicted octanol–water partition coefficient (Wildman–Crippen LogP) is 2.97. The number of fused-ring (bicyclic) bond motifs is 1. The van der Waals surface area contributed by atoms with Gasteiger partial charge in [0.1, 0.15) is 0 Å². The first kappa shape index (κ1) is 15.8. The van der Waals surface area contributed by atoms with Crippen LogP contribution in [0.3, 0.4) is 0 Å². The summed E-state index contributed by atoms with van der Waals surface area (Å²) < 4.78 is 4.36. The molecule has 0 aliphatic rings. The van der Waals surface area contributed by atoms with E-state index in [0.717, 1.165) is 20.3 Å². The molecule has 0 aliphatic heterocycles. The molecule has 0 aliphatic carbocycles. The lowest BCUT2D eigenvalue weighted by Crippen LogP contribution is -2.24. The summed E-state index contributed by atoms with van der Waals surface area (Å²) in [5, 5.41) is 2.85. The third-order valence-electron chi connectivity index (χ3n) is 3.74. The van der Waals surface area contributed by atoms with Crippen molar-refractivity contribution in [3.05, 3.63) is 62.6 Å². The Morgan fingerprint density at radius 1 is 1.09 bits per heavy atom. The highest BCUT2D eigenvalue weighted by molar-refractivity contribution is 14.1. The molecule has 6 heteroatoms. The van der Waals surface area contributed by atoms with E-state index < -0.39 is 0 Å². The van der Waals surface area contributed by atoms with Gasteiger partial charge in [0.2, 0.25) is 5.91 Å². The molecule has 1 amide bonds. The number of carbonyl (C=O) groups excluding carboxylic acids is 1. The lowest BCUT2D eigenvalue weighted by Gasteiger charge is -2.06. The van der Waals surface area contributed by atoms with Crippen LogP contribution in [0.15, 0.2) is 53.3 Å². The number of imidazole rings is 1. The van der Waals surface area contributed by atoms with Crippen LogP contribution >= 0.6 is 22.6 Å². The van der Waals surface area contributed by atoms with Crippen molar-refractivity contribution in [2.24, 2.45) is 7.05 Å². The van der Waals surface area contributed by atoms with Crippen molar-refractivity contribution in [1.82, 2.24) is 9.13 Å². The molecule has 1 heterocycles. The van der Waals surface area contributed by atoms with Gasteiger partial charge in [0.15, 0.2) is 0 Å². The molecule has 0 unspecified atom stereocenters. The van der Waals surface area contributed by atoms with Crippen molar-refractivity contribution in [2.75, 3.05) is 5.32 Å². The van der Waals surface area contributed by atoms with E-state index in [0.29, 0.717) is 6.54 Å². The van der Waals surface area contributed by atoms with Gasteiger partial charge in [-0.3, -0.25) is 13.9 Å². The average molecular weight is 421 g/mol. The number of carbonyl (C=O) groups is 1. The third kappa shape index (κ3) is 3.31. The number of aryl methyl sites for hydroxylation is 2. The monoisotopic (exact) mass is 421 g/mol. The first-order valence-electron chi connectivity index (χ1n) is 7.26. The summed E-state index contributed by atoms with van der Waals surface area (Å²) in [6, 6.07) is 15.2. The number of nitrogens with one attached hydrogen (secondary N) is 1. The van der Waals surface area contributed by atoms with Gasteiger partial charge in [-0.1, -0.05) is 12.1 Å². The van der Waals surface area contributed by atoms with Gasteiger partial charge in [0.05, 0.1) is 11.0 Å². The molecule has 0 saturated carbocycles. The summed E-state index contributed by atoms with van der Waals surface area (Å²) in [7, 11) is 1.74. The average Bonchev–Trinajstić information content (AvgIpc) is 2.80. The van der Waals surface area contributed by atoms with Gasteiger partial charge in [0, 0.05) is 29.3 Å². The van der Waals surface area contributed by atoms with Gasteiger partial charge in [-0.2, -0.15) is 0 Å². The van der Waals surface area contributed by atoms with Crippen molar-refractivity contribution in [3.8, 4) is 0 Å². The maximum Gasteiger partial charge on any atom is 0.328 e. The summed E-state index contributed by atoms with van der Waals surface area (Å²) in [6.07, 6.45) is 0.250. The lowest BCUT2D eigenvalue weighted by molar-refractivity contribution is -0.116. The Labute approximate surface area is 147 Å². The minimum absolute atomic E-state index is 0.103. The fourth-order valence-electron chi connectivity index (χ4n) is 2.55. The van der Waals surface area contributed by atoms with Gasteiger partial charge in [-0.05, 0) is 59.0 Å². The van der Waals surface area contributed by atoms with Crippen LogP contribution in [0.1, 0.15) is 6.42 Å². The molecule has 0 spiro atoms. The largest absolute Gasteiger partial charge is 0.328 e. The quantitative estimate of drug-likeness (QED) is 0.659. The molecule has 0 radical (unpaired) electrons. The first-order valence-corrected chi connectivity index (χ1v) is 8.34. The predicted molar refractivity (Wildman–Crippen MR) is 99.6 cm³/mol. The number of benzene rings is 2. The third-order valence-corrected chi connectivity index (χ3v) is 4.46. The van der Waals surface area contributed by atoms with Crippen LogP contribution < -0.4 is 11.0 Å². The van der Waals surface area contributed by atoms with E-state index in [9.17, 15) is 9.59 Å². The highest BCUT2D eigenvalue weighted by atomic mass is 127. The van der Waals surface area contributed by atoms with E-state index in [4.69, 9.17) is 0 Å². The summed E-state index contributed by atoms with van der Waals surface area (Å²) in [5.74, 6) is -0.106.